The number of carbonyl (C=O) groups is 1. The molecule has 0 atom stereocenters. The standard InChI is InChI=1S/C24H20F2N4O3/c1-15-12-17(2-7-20(15)26)24-29-22(33-30-24)9-8-21(31)28-14-16-10-11-27-23(13-16)32-19-5-3-18(25)4-6-19/h2-7,10-13H,8-9,14H2,1H3,(H,28,31). The molecule has 33 heavy (non-hydrogen) atoms. The molecule has 1 amide bonds. The van der Waals surface area contributed by atoms with Crippen LogP contribution in [0, 0.1) is 18.6 Å². The third kappa shape index (κ3) is 5.97. The summed E-state index contributed by atoms with van der Waals surface area (Å²) in [6.45, 7) is 1.94. The van der Waals surface area contributed by atoms with Crippen molar-refractivity contribution in [3.63, 3.8) is 0 Å². The van der Waals surface area contributed by atoms with Gasteiger partial charge in [0.25, 0.3) is 0 Å². The predicted octanol–water partition coefficient (Wildman–Crippen LogP) is 4.76. The zero-order valence-electron chi connectivity index (χ0n) is 17.7. The number of amides is 1. The molecule has 4 aromatic rings. The Hall–Kier alpha value is -4.14. The van der Waals surface area contributed by atoms with Crippen molar-refractivity contribution in [2.75, 3.05) is 0 Å². The minimum absolute atomic E-state index is 0.161. The van der Waals surface area contributed by atoms with Gasteiger partial charge in [0.15, 0.2) is 0 Å². The van der Waals surface area contributed by atoms with Crippen LogP contribution < -0.4 is 10.1 Å². The van der Waals surface area contributed by atoms with Crippen molar-refractivity contribution < 1.29 is 22.8 Å². The lowest BCUT2D eigenvalue weighted by Crippen LogP contribution is -2.23. The normalized spacial score (nSPS) is 10.8. The molecule has 1 N–H and O–H groups in total. The highest BCUT2D eigenvalue weighted by Crippen LogP contribution is 2.21. The van der Waals surface area contributed by atoms with Crippen LogP contribution in [0.4, 0.5) is 8.78 Å². The second-order valence-corrected chi connectivity index (χ2v) is 7.31. The number of nitrogens with zero attached hydrogens (tertiary/aromatic N) is 3. The number of aromatic nitrogens is 3. The van der Waals surface area contributed by atoms with E-state index < -0.39 is 0 Å². The number of nitrogens with one attached hydrogen (secondary N) is 1. The van der Waals surface area contributed by atoms with Gasteiger partial charge in [0.05, 0.1) is 0 Å². The Bertz CT molecular complexity index is 1260. The number of carbonyl (C=O) groups excluding carboxylic acids is 1. The summed E-state index contributed by atoms with van der Waals surface area (Å²) >= 11 is 0. The maximum atomic E-state index is 13.4. The largest absolute Gasteiger partial charge is 0.439 e. The summed E-state index contributed by atoms with van der Waals surface area (Å²) < 4.78 is 37.2. The summed E-state index contributed by atoms with van der Waals surface area (Å²) in [6, 6.07) is 13.6. The number of ether oxygens (including phenoxy) is 1. The fraction of sp³-hybridized carbons (Fsp3) is 0.167. The van der Waals surface area contributed by atoms with Crippen LogP contribution in [0.25, 0.3) is 11.4 Å². The minimum atomic E-state index is -0.353. The molecule has 2 heterocycles. The van der Waals surface area contributed by atoms with Crippen molar-refractivity contribution in [1.82, 2.24) is 20.4 Å². The molecule has 0 aliphatic carbocycles. The third-order valence-electron chi connectivity index (χ3n) is 4.78. The maximum Gasteiger partial charge on any atom is 0.227 e. The zero-order chi connectivity index (χ0) is 23.2. The van der Waals surface area contributed by atoms with E-state index >= 15 is 0 Å². The second-order valence-electron chi connectivity index (χ2n) is 7.31. The lowest BCUT2D eigenvalue weighted by atomic mass is 10.1. The molecular formula is C24H20F2N4O3. The van der Waals surface area contributed by atoms with Gasteiger partial charge in [-0.3, -0.25) is 4.79 Å². The molecule has 0 unspecified atom stereocenters. The van der Waals surface area contributed by atoms with E-state index in [9.17, 15) is 13.6 Å². The topological polar surface area (TPSA) is 90.1 Å². The van der Waals surface area contributed by atoms with Crippen LogP contribution in [0.2, 0.25) is 0 Å². The number of aryl methyl sites for hydroxylation is 2. The molecule has 0 saturated heterocycles. The van der Waals surface area contributed by atoms with Crippen LogP contribution in [-0.4, -0.2) is 21.0 Å². The van der Waals surface area contributed by atoms with Crippen LogP contribution in [-0.2, 0) is 17.8 Å². The molecule has 9 heteroatoms. The van der Waals surface area contributed by atoms with Crippen LogP contribution >= 0.6 is 0 Å². The third-order valence-corrected chi connectivity index (χ3v) is 4.78. The van der Waals surface area contributed by atoms with Crippen molar-refractivity contribution in [2.45, 2.75) is 26.3 Å². The number of benzene rings is 2. The molecule has 7 nitrogen and oxygen atoms in total. The Morgan fingerprint density at radius 1 is 1.09 bits per heavy atom. The molecule has 168 valence electrons. The molecule has 0 bridgehead atoms. The molecule has 0 radical (unpaired) electrons. The monoisotopic (exact) mass is 450 g/mol. The highest BCUT2D eigenvalue weighted by atomic mass is 19.1. The second kappa shape index (κ2) is 9.99. The van der Waals surface area contributed by atoms with E-state index in [2.05, 4.69) is 20.4 Å². The molecule has 2 aromatic heterocycles. The van der Waals surface area contributed by atoms with Crippen molar-refractivity contribution in [1.29, 1.82) is 0 Å². The smallest absolute Gasteiger partial charge is 0.227 e. The first-order chi connectivity index (χ1) is 16.0. The lowest BCUT2D eigenvalue weighted by molar-refractivity contribution is -0.121. The average molecular weight is 450 g/mol. The summed E-state index contributed by atoms with van der Waals surface area (Å²) in [7, 11) is 0. The van der Waals surface area contributed by atoms with Gasteiger partial charge < -0.3 is 14.6 Å². The molecule has 2 aromatic carbocycles. The van der Waals surface area contributed by atoms with E-state index in [0.717, 1.165) is 5.56 Å². The molecular weight excluding hydrogens is 430 g/mol. The van der Waals surface area contributed by atoms with E-state index in [0.29, 0.717) is 34.5 Å². The maximum absolute atomic E-state index is 13.4. The summed E-state index contributed by atoms with van der Waals surface area (Å²) in [4.78, 5) is 20.6. The van der Waals surface area contributed by atoms with E-state index in [-0.39, 0.29) is 36.9 Å². The van der Waals surface area contributed by atoms with Crippen LogP contribution in [0.1, 0.15) is 23.4 Å². The molecule has 0 fully saturated rings. The zero-order valence-corrected chi connectivity index (χ0v) is 17.7. The van der Waals surface area contributed by atoms with E-state index in [1.54, 1.807) is 37.4 Å². The van der Waals surface area contributed by atoms with Crippen molar-refractivity contribution in [3.8, 4) is 23.0 Å². The summed E-state index contributed by atoms with van der Waals surface area (Å²) in [5.41, 5.74) is 1.92. The highest BCUT2D eigenvalue weighted by molar-refractivity contribution is 5.76. The molecule has 0 spiro atoms. The summed E-state index contributed by atoms with van der Waals surface area (Å²) in [5, 5.41) is 6.71. The van der Waals surface area contributed by atoms with E-state index in [1.807, 2.05) is 0 Å². The van der Waals surface area contributed by atoms with Gasteiger partial charge in [0.1, 0.15) is 17.4 Å². The number of pyridine rings is 1. The van der Waals surface area contributed by atoms with Gasteiger partial charge >= 0.3 is 0 Å². The van der Waals surface area contributed by atoms with Crippen molar-refractivity contribution in [3.05, 3.63) is 89.4 Å². The highest BCUT2D eigenvalue weighted by Gasteiger charge is 2.12. The minimum Gasteiger partial charge on any atom is -0.439 e. The Balaban J connectivity index is 1.27. The predicted molar refractivity (Wildman–Crippen MR) is 115 cm³/mol. The average Bonchev–Trinajstić information content (AvgIpc) is 3.29. The van der Waals surface area contributed by atoms with Crippen molar-refractivity contribution in [2.24, 2.45) is 0 Å². The summed E-state index contributed by atoms with van der Waals surface area (Å²) in [6.07, 6.45) is 2.00. The number of hydrogen-bond acceptors (Lipinski definition) is 6. The van der Waals surface area contributed by atoms with Gasteiger partial charge in [-0.1, -0.05) is 5.16 Å². The number of rotatable bonds is 8. The van der Waals surface area contributed by atoms with Gasteiger partial charge in [-0.25, -0.2) is 13.8 Å². The number of hydrogen-bond donors (Lipinski definition) is 1. The van der Waals surface area contributed by atoms with Gasteiger partial charge in [0.2, 0.25) is 23.5 Å². The lowest BCUT2D eigenvalue weighted by Gasteiger charge is -2.08. The first kappa shape index (κ1) is 22.1. The van der Waals surface area contributed by atoms with Gasteiger partial charge in [-0.2, -0.15) is 4.98 Å². The van der Waals surface area contributed by atoms with E-state index in [4.69, 9.17) is 9.26 Å². The van der Waals surface area contributed by atoms with Crippen LogP contribution in [0.3, 0.4) is 0 Å². The Kier molecular flexibility index (Phi) is 6.68. The number of halogens is 2. The molecule has 4 rings (SSSR count). The fourth-order valence-electron chi connectivity index (χ4n) is 3.01. The molecule has 0 aliphatic heterocycles. The Morgan fingerprint density at radius 3 is 2.70 bits per heavy atom. The van der Waals surface area contributed by atoms with Crippen LogP contribution in [0.15, 0.2) is 65.3 Å². The first-order valence-corrected chi connectivity index (χ1v) is 10.2. The summed E-state index contributed by atoms with van der Waals surface area (Å²) in [5.74, 6) is 0.615. The van der Waals surface area contributed by atoms with Gasteiger partial charge in [-0.15, -0.1) is 0 Å². The van der Waals surface area contributed by atoms with E-state index in [1.165, 1.54) is 30.3 Å². The molecule has 0 aliphatic rings. The van der Waals surface area contributed by atoms with Gasteiger partial charge in [-0.05, 0) is 66.6 Å². The van der Waals surface area contributed by atoms with Crippen molar-refractivity contribution >= 4 is 5.91 Å². The van der Waals surface area contributed by atoms with Gasteiger partial charge in [0, 0.05) is 37.2 Å². The van der Waals surface area contributed by atoms with Crippen LogP contribution in [0.5, 0.6) is 11.6 Å². The Labute approximate surface area is 188 Å². The fourth-order valence-corrected chi connectivity index (χ4v) is 3.01. The molecule has 0 saturated carbocycles. The SMILES string of the molecule is Cc1cc(-c2noc(CCC(=O)NCc3ccnc(Oc4ccc(F)cc4)c3)n2)ccc1F. The Morgan fingerprint density at radius 2 is 1.91 bits per heavy atom. The first-order valence-electron chi connectivity index (χ1n) is 10.2. The quantitative estimate of drug-likeness (QED) is 0.416.